The van der Waals surface area contributed by atoms with Crippen LogP contribution >= 0.6 is 11.8 Å². The molecule has 4 rings (SSSR count). The Labute approximate surface area is 180 Å². The lowest BCUT2D eigenvalue weighted by Crippen LogP contribution is -2.29. The van der Waals surface area contributed by atoms with E-state index in [-0.39, 0.29) is 11.9 Å². The molecule has 1 aliphatic rings. The SMILES string of the molecule is CSc1cccc(NC(=O)NCc2ccc3c(c2)N(C(=O)c2ccccc2)CC3)c1. The molecule has 0 atom stereocenters. The first-order chi connectivity index (χ1) is 14.6. The molecule has 0 bridgehead atoms. The number of fused-ring (bicyclic) bond motifs is 1. The van der Waals surface area contributed by atoms with Crippen LogP contribution in [0.15, 0.2) is 77.7 Å². The number of hydrogen-bond acceptors (Lipinski definition) is 3. The van der Waals surface area contributed by atoms with Gasteiger partial charge in [-0.05, 0) is 60.2 Å². The van der Waals surface area contributed by atoms with Crippen molar-refractivity contribution < 1.29 is 9.59 Å². The van der Waals surface area contributed by atoms with E-state index < -0.39 is 0 Å². The maximum atomic E-state index is 12.9. The second kappa shape index (κ2) is 9.05. The van der Waals surface area contributed by atoms with Crippen LogP contribution in [0.5, 0.6) is 0 Å². The Morgan fingerprint density at radius 2 is 1.83 bits per heavy atom. The third-order valence-corrected chi connectivity index (χ3v) is 5.82. The maximum absolute atomic E-state index is 12.9. The van der Waals surface area contributed by atoms with Gasteiger partial charge in [-0.2, -0.15) is 0 Å². The van der Waals surface area contributed by atoms with Crippen LogP contribution in [0.25, 0.3) is 0 Å². The van der Waals surface area contributed by atoms with E-state index in [9.17, 15) is 9.59 Å². The number of hydrogen-bond donors (Lipinski definition) is 2. The van der Waals surface area contributed by atoms with Gasteiger partial charge < -0.3 is 15.5 Å². The molecule has 0 fully saturated rings. The van der Waals surface area contributed by atoms with Gasteiger partial charge in [-0.1, -0.05) is 36.4 Å². The van der Waals surface area contributed by atoms with Gasteiger partial charge in [0.2, 0.25) is 0 Å². The van der Waals surface area contributed by atoms with Gasteiger partial charge in [0.05, 0.1) is 0 Å². The molecule has 3 aromatic carbocycles. The smallest absolute Gasteiger partial charge is 0.319 e. The molecule has 30 heavy (non-hydrogen) atoms. The Bertz CT molecular complexity index is 1070. The van der Waals surface area contributed by atoms with Crippen molar-refractivity contribution in [3.8, 4) is 0 Å². The summed E-state index contributed by atoms with van der Waals surface area (Å²) in [4.78, 5) is 28.1. The van der Waals surface area contributed by atoms with E-state index in [1.165, 1.54) is 0 Å². The van der Waals surface area contributed by atoms with Crippen molar-refractivity contribution in [2.75, 3.05) is 23.0 Å². The number of benzene rings is 3. The van der Waals surface area contributed by atoms with E-state index in [1.807, 2.05) is 84.0 Å². The van der Waals surface area contributed by atoms with Crippen molar-refractivity contribution in [1.29, 1.82) is 0 Å². The zero-order valence-corrected chi connectivity index (χ0v) is 17.5. The number of amides is 3. The van der Waals surface area contributed by atoms with Crippen molar-refractivity contribution in [3.05, 3.63) is 89.5 Å². The molecule has 0 spiro atoms. The predicted octanol–water partition coefficient (Wildman–Crippen LogP) is 4.93. The quantitative estimate of drug-likeness (QED) is 0.579. The Hall–Kier alpha value is -3.25. The molecule has 2 N–H and O–H groups in total. The highest BCUT2D eigenvalue weighted by molar-refractivity contribution is 7.98. The van der Waals surface area contributed by atoms with Crippen LogP contribution in [-0.2, 0) is 13.0 Å². The van der Waals surface area contributed by atoms with Gasteiger partial charge in [0.15, 0.2) is 0 Å². The zero-order chi connectivity index (χ0) is 20.9. The van der Waals surface area contributed by atoms with Crippen LogP contribution in [0.4, 0.5) is 16.2 Å². The number of nitrogens with one attached hydrogen (secondary N) is 2. The Morgan fingerprint density at radius 3 is 2.63 bits per heavy atom. The minimum atomic E-state index is -0.258. The second-order valence-corrected chi connectivity index (χ2v) is 7.96. The van der Waals surface area contributed by atoms with Crippen LogP contribution < -0.4 is 15.5 Å². The summed E-state index contributed by atoms with van der Waals surface area (Å²) in [6.07, 6.45) is 2.84. The molecule has 5 nitrogen and oxygen atoms in total. The van der Waals surface area contributed by atoms with E-state index in [4.69, 9.17) is 0 Å². The largest absolute Gasteiger partial charge is 0.334 e. The summed E-state index contributed by atoms with van der Waals surface area (Å²) in [6, 6.07) is 22.8. The molecule has 3 amide bonds. The highest BCUT2D eigenvalue weighted by Crippen LogP contribution is 2.30. The number of carbonyl (C=O) groups excluding carboxylic acids is 2. The van der Waals surface area contributed by atoms with Crippen molar-refractivity contribution >= 4 is 35.1 Å². The Morgan fingerprint density at radius 1 is 1.00 bits per heavy atom. The summed E-state index contributed by atoms with van der Waals surface area (Å²) in [6.45, 7) is 1.06. The van der Waals surface area contributed by atoms with Gasteiger partial charge in [-0.25, -0.2) is 4.79 Å². The molecule has 0 aromatic heterocycles. The lowest BCUT2D eigenvalue weighted by atomic mass is 10.1. The number of urea groups is 1. The molecule has 0 unspecified atom stereocenters. The molecule has 0 saturated carbocycles. The number of anilines is 2. The van der Waals surface area contributed by atoms with Gasteiger partial charge in [0.25, 0.3) is 5.91 Å². The van der Waals surface area contributed by atoms with E-state index >= 15 is 0 Å². The first-order valence-corrected chi connectivity index (χ1v) is 11.0. The van der Waals surface area contributed by atoms with Gasteiger partial charge >= 0.3 is 6.03 Å². The van der Waals surface area contributed by atoms with Crippen LogP contribution in [-0.4, -0.2) is 24.7 Å². The van der Waals surface area contributed by atoms with E-state index in [0.29, 0.717) is 18.7 Å². The lowest BCUT2D eigenvalue weighted by Gasteiger charge is -2.18. The fourth-order valence-electron chi connectivity index (χ4n) is 3.54. The average molecular weight is 418 g/mol. The first kappa shape index (κ1) is 20.0. The zero-order valence-electron chi connectivity index (χ0n) is 16.7. The third-order valence-electron chi connectivity index (χ3n) is 5.09. The molecular formula is C24H23N3O2S. The summed E-state index contributed by atoms with van der Waals surface area (Å²) in [5.41, 5.74) is 4.47. The van der Waals surface area contributed by atoms with Crippen molar-refractivity contribution in [1.82, 2.24) is 5.32 Å². The van der Waals surface area contributed by atoms with Crippen molar-refractivity contribution in [3.63, 3.8) is 0 Å². The standard InChI is InChI=1S/C24H23N3O2S/c1-30-21-9-5-8-20(15-21)26-24(29)25-16-17-10-11-18-12-13-27(22(18)14-17)23(28)19-6-3-2-4-7-19/h2-11,14-15H,12-13,16H2,1H3,(H2,25,26,29). The highest BCUT2D eigenvalue weighted by atomic mass is 32.2. The Balaban J connectivity index is 1.41. The van der Waals surface area contributed by atoms with Crippen molar-refractivity contribution in [2.45, 2.75) is 17.9 Å². The van der Waals surface area contributed by atoms with Gasteiger partial charge in [0.1, 0.15) is 0 Å². The average Bonchev–Trinajstić information content (AvgIpc) is 3.21. The molecule has 3 aromatic rings. The molecule has 6 heteroatoms. The summed E-state index contributed by atoms with van der Waals surface area (Å²) < 4.78 is 0. The fourth-order valence-corrected chi connectivity index (χ4v) is 4.00. The maximum Gasteiger partial charge on any atom is 0.319 e. The monoisotopic (exact) mass is 417 g/mol. The van der Waals surface area contributed by atoms with Crippen LogP contribution in [0, 0.1) is 0 Å². The predicted molar refractivity (Wildman–Crippen MR) is 122 cm³/mol. The molecule has 152 valence electrons. The first-order valence-electron chi connectivity index (χ1n) is 9.81. The molecule has 1 aliphatic heterocycles. The van der Waals surface area contributed by atoms with Crippen LogP contribution in [0.3, 0.4) is 0 Å². The Kier molecular flexibility index (Phi) is 6.05. The van der Waals surface area contributed by atoms with Crippen LogP contribution in [0.1, 0.15) is 21.5 Å². The number of rotatable bonds is 5. The molecule has 0 aliphatic carbocycles. The van der Waals surface area contributed by atoms with E-state index in [1.54, 1.807) is 11.8 Å². The number of nitrogens with zero attached hydrogens (tertiary/aromatic N) is 1. The van der Waals surface area contributed by atoms with E-state index in [2.05, 4.69) is 10.6 Å². The van der Waals surface area contributed by atoms with Crippen molar-refractivity contribution in [2.24, 2.45) is 0 Å². The second-order valence-electron chi connectivity index (χ2n) is 7.08. The lowest BCUT2D eigenvalue weighted by molar-refractivity contribution is 0.0989. The highest BCUT2D eigenvalue weighted by Gasteiger charge is 2.25. The topological polar surface area (TPSA) is 61.4 Å². The third kappa shape index (κ3) is 4.49. The summed E-state index contributed by atoms with van der Waals surface area (Å²) in [5.74, 6) is 0.00544. The van der Waals surface area contributed by atoms with Gasteiger partial charge in [-0.15, -0.1) is 11.8 Å². The summed E-state index contributed by atoms with van der Waals surface area (Å²) in [7, 11) is 0. The van der Waals surface area contributed by atoms with Gasteiger partial charge in [0, 0.05) is 34.9 Å². The molecule has 0 saturated heterocycles. The molecular weight excluding hydrogens is 394 g/mol. The minimum Gasteiger partial charge on any atom is -0.334 e. The normalized spacial score (nSPS) is 12.4. The summed E-state index contributed by atoms with van der Waals surface area (Å²) in [5, 5.41) is 5.75. The van der Waals surface area contributed by atoms with E-state index in [0.717, 1.165) is 33.8 Å². The number of thioether (sulfide) groups is 1. The minimum absolute atomic E-state index is 0.00544. The van der Waals surface area contributed by atoms with Gasteiger partial charge in [-0.3, -0.25) is 4.79 Å². The number of carbonyl (C=O) groups is 2. The fraction of sp³-hybridized carbons (Fsp3) is 0.167. The van der Waals surface area contributed by atoms with Crippen LogP contribution in [0.2, 0.25) is 0 Å². The summed E-state index contributed by atoms with van der Waals surface area (Å²) >= 11 is 1.63. The molecule has 1 heterocycles. The molecule has 0 radical (unpaired) electrons.